The molecular weight excluding hydrogens is 144 g/mol. The molecule has 0 fully saturated rings. The molecule has 0 unspecified atom stereocenters. The maximum atomic E-state index is 10.3. The minimum absolute atomic E-state index is 0.0886. The molecule has 1 heterocycles. The Morgan fingerprint density at radius 1 is 1.88 bits per heavy atom. The van der Waals surface area contributed by atoms with Gasteiger partial charge >= 0.3 is 4.87 Å². The summed E-state index contributed by atoms with van der Waals surface area (Å²) >= 11 is 2.59. The maximum Gasteiger partial charge on any atom is 0.323 e. The van der Waals surface area contributed by atoms with Crippen LogP contribution in [0.4, 0.5) is 0 Å². The second-order valence-corrected chi connectivity index (χ2v) is 3.10. The lowest BCUT2D eigenvalue weighted by Crippen LogP contribution is -1.90. The number of H-pyrrole nitrogens is 1. The van der Waals surface area contributed by atoms with Gasteiger partial charge in [-0.15, -0.1) is 0 Å². The third-order valence-electron chi connectivity index (χ3n) is 0.593. The molecule has 0 spiro atoms. The zero-order valence-corrected chi connectivity index (χ0v) is 5.80. The first-order valence-corrected chi connectivity index (χ1v) is 3.96. The first kappa shape index (κ1) is 5.84. The third-order valence-corrected chi connectivity index (χ3v) is 2.33. The quantitative estimate of drug-likeness (QED) is 0.592. The number of aromatic nitrogens is 2. The van der Waals surface area contributed by atoms with E-state index in [0.717, 1.165) is 15.7 Å². The molecule has 8 heavy (non-hydrogen) atoms. The Hall–Kier alpha value is -0.290. The van der Waals surface area contributed by atoms with E-state index >= 15 is 0 Å². The lowest BCUT2D eigenvalue weighted by Gasteiger charge is -1.74. The van der Waals surface area contributed by atoms with Crippen molar-refractivity contribution in [1.29, 1.82) is 0 Å². The molecule has 0 saturated carbocycles. The highest BCUT2D eigenvalue weighted by molar-refractivity contribution is 8.00. The minimum atomic E-state index is -0.0886. The molecule has 0 radical (unpaired) electrons. The van der Waals surface area contributed by atoms with Gasteiger partial charge in [0, 0.05) is 0 Å². The fourth-order valence-corrected chi connectivity index (χ4v) is 1.34. The topological polar surface area (TPSA) is 45.8 Å². The van der Waals surface area contributed by atoms with Crippen molar-refractivity contribution in [3.63, 3.8) is 0 Å². The molecule has 0 atom stereocenters. The summed E-state index contributed by atoms with van der Waals surface area (Å²) < 4.78 is 0.787. The monoisotopic (exact) mass is 148 g/mol. The standard InChI is InChI=1S/C3H4N2OS2/c1-7-3-5-4-2(6)8-3/h1H3,(H,4,6). The van der Waals surface area contributed by atoms with Gasteiger partial charge in [0.25, 0.3) is 0 Å². The summed E-state index contributed by atoms with van der Waals surface area (Å²) in [5, 5.41) is 5.99. The summed E-state index contributed by atoms with van der Waals surface area (Å²) in [5.41, 5.74) is 0. The van der Waals surface area contributed by atoms with Gasteiger partial charge in [-0.2, -0.15) is 5.10 Å². The van der Waals surface area contributed by atoms with E-state index in [2.05, 4.69) is 10.2 Å². The Kier molecular flexibility index (Phi) is 1.69. The van der Waals surface area contributed by atoms with E-state index in [9.17, 15) is 4.79 Å². The first-order chi connectivity index (χ1) is 3.83. The van der Waals surface area contributed by atoms with Crippen molar-refractivity contribution >= 4 is 23.1 Å². The Morgan fingerprint density at radius 3 is 2.88 bits per heavy atom. The highest BCUT2D eigenvalue weighted by Gasteiger charge is 1.92. The van der Waals surface area contributed by atoms with Crippen molar-refractivity contribution in [2.24, 2.45) is 0 Å². The lowest BCUT2D eigenvalue weighted by molar-refractivity contribution is 0.990. The normalized spacial score (nSPS) is 9.62. The number of hydrogen-bond donors (Lipinski definition) is 1. The number of aromatic amines is 1. The molecule has 0 aliphatic carbocycles. The molecular formula is C3H4N2OS2. The molecule has 5 heteroatoms. The SMILES string of the molecule is CSc1n[nH]c(=O)s1. The van der Waals surface area contributed by atoms with Crippen molar-refractivity contribution in [1.82, 2.24) is 10.2 Å². The second kappa shape index (κ2) is 2.32. The van der Waals surface area contributed by atoms with Gasteiger partial charge < -0.3 is 0 Å². The molecule has 1 aromatic heterocycles. The van der Waals surface area contributed by atoms with Gasteiger partial charge in [0.1, 0.15) is 0 Å². The van der Waals surface area contributed by atoms with Crippen molar-refractivity contribution in [3.8, 4) is 0 Å². The maximum absolute atomic E-state index is 10.3. The molecule has 44 valence electrons. The van der Waals surface area contributed by atoms with Crippen molar-refractivity contribution < 1.29 is 0 Å². The molecule has 1 N–H and O–H groups in total. The van der Waals surface area contributed by atoms with Crippen LogP contribution in [0.1, 0.15) is 0 Å². The van der Waals surface area contributed by atoms with Gasteiger partial charge in [0.15, 0.2) is 4.34 Å². The van der Waals surface area contributed by atoms with Crippen LogP contribution in [-0.4, -0.2) is 16.5 Å². The van der Waals surface area contributed by atoms with Gasteiger partial charge in [-0.05, 0) is 17.6 Å². The number of rotatable bonds is 1. The lowest BCUT2D eigenvalue weighted by atomic mass is 11.5. The van der Waals surface area contributed by atoms with Gasteiger partial charge in [-0.1, -0.05) is 11.8 Å². The number of nitrogens with one attached hydrogen (secondary N) is 1. The fraction of sp³-hybridized carbons (Fsp3) is 0.333. The Bertz CT molecular complexity index is 215. The van der Waals surface area contributed by atoms with Crippen molar-refractivity contribution in [2.75, 3.05) is 6.26 Å². The number of nitrogens with zero attached hydrogens (tertiary/aromatic N) is 1. The molecule has 3 nitrogen and oxygen atoms in total. The van der Waals surface area contributed by atoms with Crippen LogP contribution < -0.4 is 4.87 Å². The zero-order chi connectivity index (χ0) is 5.98. The van der Waals surface area contributed by atoms with E-state index in [-0.39, 0.29) is 4.87 Å². The summed E-state index contributed by atoms with van der Waals surface area (Å²) in [7, 11) is 0. The summed E-state index contributed by atoms with van der Waals surface area (Å²) in [6.07, 6.45) is 1.88. The fourth-order valence-electron chi connectivity index (χ4n) is 0.304. The van der Waals surface area contributed by atoms with E-state index in [0.29, 0.717) is 0 Å². The highest BCUT2D eigenvalue weighted by atomic mass is 32.2. The summed E-state index contributed by atoms with van der Waals surface area (Å²) in [5.74, 6) is 0. The molecule has 0 aliphatic rings. The average molecular weight is 148 g/mol. The number of thioether (sulfide) groups is 1. The van der Waals surface area contributed by atoms with Crippen LogP contribution in [-0.2, 0) is 0 Å². The molecule has 0 saturated heterocycles. The Morgan fingerprint density at radius 2 is 2.62 bits per heavy atom. The Labute approximate surface area is 54.1 Å². The van der Waals surface area contributed by atoms with Gasteiger partial charge in [0.2, 0.25) is 0 Å². The second-order valence-electron chi connectivity index (χ2n) is 1.08. The molecule has 1 aromatic rings. The van der Waals surface area contributed by atoms with E-state index in [1.165, 1.54) is 11.8 Å². The van der Waals surface area contributed by atoms with Crippen LogP contribution in [0.5, 0.6) is 0 Å². The summed E-state index contributed by atoms with van der Waals surface area (Å²) in [6.45, 7) is 0. The van der Waals surface area contributed by atoms with Crippen molar-refractivity contribution in [3.05, 3.63) is 9.67 Å². The van der Waals surface area contributed by atoms with Gasteiger partial charge in [-0.3, -0.25) is 4.79 Å². The predicted octanol–water partition coefficient (Wildman–Crippen LogP) is 0.553. The van der Waals surface area contributed by atoms with E-state index in [1.807, 2.05) is 6.26 Å². The van der Waals surface area contributed by atoms with Gasteiger partial charge in [0.05, 0.1) is 0 Å². The van der Waals surface area contributed by atoms with Crippen LogP contribution >= 0.6 is 23.1 Å². The summed E-state index contributed by atoms with van der Waals surface area (Å²) in [4.78, 5) is 10.2. The number of hydrogen-bond acceptors (Lipinski definition) is 4. The molecule has 1 rings (SSSR count). The van der Waals surface area contributed by atoms with E-state index < -0.39 is 0 Å². The molecule has 0 bridgehead atoms. The largest absolute Gasteiger partial charge is 0.323 e. The van der Waals surface area contributed by atoms with Gasteiger partial charge in [-0.25, -0.2) is 5.10 Å². The first-order valence-electron chi connectivity index (χ1n) is 1.92. The Balaban J connectivity index is 3.01. The van der Waals surface area contributed by atoms with Crippen LogP contribution in [0.2, 0.25) is 0 Å². The van der Waals surface area contributed by atoms with E-state index in [1.54, 1.807) is 0 Å². The van der Waals surface area contributed by atoms with Crippen LogP contribution in [0.25, 0.3) is 0 Å². The van der Waals surface area contributed by atoms with Crippen LogP contribution in [0.15, 0.2) is 9.13 Å². The smallest absolute Gasteiger partial charge is 0.255 e. The zero-order valence-electron chi connectivity index (χ0n) is 4.17. The average Bonchev–Trinajstić information content (AvgIpc) is 2.14. The summed E-state index contributed by atoms with van der Waals surface area (Å²) in [6, 6.07) is 0. The predicted molar refractivity (Wildman–Crippen MR) is 34.5 cm³/mol. The minimum Gasteiger partial charge on any atom is -0.255 e. The van der Waals surface area contributed by atoms with Crippen LogP contribution in [0, 0.1) is 0 Å². The highest BCUT2D eigenvalue weighted by Crippen LogP contribution is 2.10. The third kappa shape index (κ3) is 1.10. The molecule has 0 amide bonds. The molecule has 0 aromatic carbocycles. The van der Waals surface area contributed by atoms with E-state index in [4.69, 9.17) is 0 Å². The van der Waals surface area contributed by atoms with Crippen LogP contribution in [0.3, 0.4) is 0 Å². The molecule has 0 aliphatic heterocycles. The van der Waals surface area contributed by atoms with Crippen molar-refractivity contribution in [2.45, 2.75) is 4.34 Å².